The molecule has 0 atom stereocenters. The van der Waals surface area contributed by atoms with Crippen LogP contribution in [0.15, 0.2) is 41.9 Å². The summed E-state index contributed by atoms with van der Waals surface area (Å²) in [6.45, 7) is 3.48. The lowest BCUT2D eigenvalue weighted by atomic mass is 10.1. The van der Waals surface area contributed by atoms with Crippen molar-refractivity contribution in [2.75, 3.05) is 6.61 Å². The van der Waals surface area contributed by atoms with Gasteiger partial charge in [0.1, 0.15) is 0 Å². The lowest BCUT2D eigenvalue weighted by molar-refractivity contribution is -0.122. The van der Waals surface area contributed by atoms with Crippen molar-refractivity contribution in [3.63, 3.8) is 0 Å². The summed E-state index contributed by atoms with van der Waals surface area (Å²) in [4.78, 5) is 17.6. The number of aliphatic hydroxyl groups is 1. The zero-order valence-corrected chi connectivity index (χ0v) is 13.9. The molecule has 0 radical (unpaired) electrons. The Kier molecular flexibility index (Phi) is 4.19. The highest BCUT2D eigenvalue weighted by Crippen LogP contribution is 2.23. The number of aromatic nitrogens is 2. The van der Waals surface area contributed by atoms with Gasteiger partial charge in [-0.2, -0.15) is 0 Å². The molecule has 0 aliphatic carbocycles. The van der Waals surface area contributed by atoms with Crippen LogP contribution >= 0.6 is 11.3 Å². The summed E-state index contributed by atoms with van der Waals surface area (Å²) in [6.07, 6.45) is 2.22. The first kappa shape index (κ1) is 15.7. The Balaban J connectivity index is 1.83. The summed E-state index contributed by atoms with van der Waals surface area (Å²) in [5.74, 6) is -0.112. The molecular weight excluding hydrogens is 310 g/mol. The van der Waals surface area contributed by atoms with Crippen molar-refractivity contribution in [2.24, 2.45) is 0 Å². The van der Waals surface area contributed by atoms with E-state index in [2.05, 4.69) is 10.3 Å². The van der Waals surface area contributed by atoms with Crippen LogP contribution in [0.25, 0.3) is 16.2 Å². The fourth-order valence-electron chi connectivity index (χ4n) is 2.33. The van der Waals surface area contributed by atoms with Crippen molar-refractivity contribution in [1.29, 1.82) is 0 Å². The molecule has 2 heterocycles. The molecule has 0 aliphatic rings. The summed E-state index contributed by atoms with van der Waals surface area (Å²) in [7, 11) is 0. The normalized spacial score (nSPS) is 11.8. The van der Waals surface area contributed by atoms with Crippen molar-refractivity contribution in [2.45, 2.75) is 25.8 Å². The van der Waals surface area contributed by atoms with E-state index < -0.39 is 5.54 Å². The summed E-state index contributed by atoms with van der Waals surface area (Å²) in [5, 5.41) is 14.0. The molecule has 0 aliphatic heterocycles. The summed E-state index contributed by atoms with van der Waals surface area (Å²) < 4.78 is 1.96. The van der Waals surface area contributed by atoms with E-state index in [1.807, 2.05) is 46.3 Å². The molecule has 0 saturated heterocycles. The van der Waals surface area contributed by atoms with Crippen LogP contribution in [-0.4, -0.2) is 32.5 Å². The summed E-state index contributed by atoms with van der Waals surface area (Å²) in [5.41, 5.74) is 2.23. The topological polar surface area (TPSA) is 66.6 Å². The molecular formula is C17H19N3O2S. The number of carbonyl (C=O) groups excluding carboxylic acids is 1. The van der Waals surface area contributed by atoms with Gasteiger partial charge in [0.25, 0.3) is 0 Å². The molecule has 6 heteroatoms. The minimum Gasteiger partial charge on any atom is -0.394 e. The number of nitrogens with one attached hydrogen (secondary N) is 1. The molecule has 0 spiro atoms. The highest BCUT2D eigenvalue weighted by molar-refractivity contribution is 7.15. The number of amides is 1. The number of aliphatic hydroxyl groups excluding tert-OH is 1. The molecule has 120 valence electrons. The Morgan fingerprint density at radius 1 is 1.35 bits per heavy atom. The Bertz CT molecular complexity index is 821. The van der Waals surface area contributed by atoms with Gasteiger partial charge in [0.2, 0.25) is 5.91 Å². The smallest absolute Gasteiger partial charge is 0.226 e. The van der Waals surface area contributed by atoms with E-state index in [0.717, 1.165) is 21.9 Å². The van der Waals surface area contributed by atoms with Crippen LogP contribution in [0.5, 0.6) is 0 Å². The Morgan fingerprint density at radius 3 is 2.78 bits per heavy atom. The number of imidazole rings is 1. The first-order valence-electron chi connectivity index (χ1n) is 7.41. The van der Waals surface area contributed by atoms with Crippen molar-refractivity contribution < 1.29 is 9.90 Å². The molecule has 0 fully saturated rings. The lowest BCUT2D eigenvalue weighted by Gasteiger charge is -2.23. The van der Waals surface area contributed by atoms with E-state index in [9.17, 15) is 9.90 Å². The minimum atomic E-state index is -0.615. The van der Waals surface area contributed by atoms with Gasteiger partial charge in [-0.1, -0.05) is 30.3 Å². The second-order valence-corrected chi connectivity index (χ2v) is 6.98. The number of nitrogens with zero attached hydrogens (tertiary/aromatic N) is 2. The van der Waals surface area contributed by atoms with Crippen LogP contribution in [0.3, 0.4) is 0 Å². The number of rotatable bonds is 5. The standard InChI is InChI=1S/C17H19N3O2S/c1-17(2,11-21)19-15(22)8-13-10-23-16-18-14(9-20(13)16)12-6-4-3-5-7-12/h3-7,9-10,21H,8,11H2,1-2H3,(H,19,22). The predicted molar refractivity (Wildman–Crippen MR) is 91.5 cm³/mol. The first-order chi connectivity index (χ1) is 11.0. The fraction of sp³-hybridized carbons (Fsp3) is 0.294. The maximum atomic E-state index is 12.2. The molecule has 1 amide bonds. The number of thiazole rings is 1. The number of hydrogen-bond donors (Lipinski definition) is 2. The third-order valence-electron chi connectivity index (χ3n) is 3.57. The van der Waals surface area contributed by atoms with Gasteiger partial charge in [-0.25, -0.2) is 4.98 Å². The van der Waals surface area contributed by atoms with Gasteiger partial charge in [0.05, 0.1) is 24.3 Å². The van der Waals surface area contributed by atoms with Crippen molar-refractivity contribution >= 4 is 22.2 Å². The molecule has 3 rings (SSSR count). The molecule has 1 aromatic carbocycles. The minimum absolute atomic E-state index is 0.0962. The molecule has 5 nitrogen and oxygen atoms in total. The van der Waals surface area contributed by atoms with E-state index in [-0.39, 0.29) is 18.9 Å². The second-order valence-electron chi connectivity index (χ2n) is 6.14. The third kappa shape index (κ3) is 3.43. The summed E-state index contributed by atoms with van der Waals surface area (Å²) in [6, 6.07) is 9.97. The molecule has 23 heavy (non-hydrogen) atoms. The van der Waals surface area contributed by atoms with Crippen LogP contribution in [0, 0.1) is 0 Å². The number of hydrogen-bond acceptors (Lipinski definition) is 4. The van der Waals surface area contributed by atoms with E-state index in [1.165, 1.54) is 11.3 Å². The molecule has 0 unspecified atom stereocenters. The molecule has 2 N–H and O–H groups in total. The SMILES string of the molecule is CC(C)(CO)NC(=O)Cc1csc2nc(-c3ccccc3)cn12. The Morgan fingerprint density at radius 2 is 2.09 bits per heavy atom. The van der Waals surface area contributed by atoms with Crippen molar-refractivity contribution in [3.8, 4) is 11.3 Å². The van der Waals surface area contributed by atoms with E-state index >= 15 is 0 Å². The second kappa shape index (κ2) is 6.14. The van der Waals surface area contributed by atoms with Crippen molar-refractivity contribution in [1.82, 2.24) is 14.7 Å². The number of fused-ring (bicyclic) bond motifs is 1. The van der Waals surface area contributed by atoms with E-state index in [1.54, 1.807) is 13.8 Å². The van der Waals surface area contributed by atoms with E-state index in [4.69, 9.17) is 0 Å². The number of carbonyl (C=O) groups is 1. The molecule has 0 saturated carbocycles. The Hall–Kier alpha value is -2.18. The highest BCUT2D eigenvalue weighted by Gasteiger charge is 2.20. The third-order valence-corrected chi connectivity index (χ3v) is 4.46. The van der Waals surface area contributed by atoms with Gasteiger partial charge in [-0.15, -0.1) is 11.3 Å². The van der Waals surface area contributed by atoms with Gasteiger partial charge in [0.15, 0.2) is 4.96 Å². The average Bonchev–Trinajstić information content (AvgIpc) is 3.10. The average molecular weight is 329 g/mol. The van der Waals surface area contributed by atoms with Gasteiger partial charge >= 0.3 is 0 Å². The van der Waals surface area contributed by atoms with Crippen LogP contribution in [0.1, 0.15) is 19.5 Å². The zero-order valence-electron chi connectivity index (χ0n) is 13.1. The van der Waals surface area contributed by atoms with Crippen LogP contribution < -0.4 is 5.32 Å². The molecule has 0 bridgehead atoms. The monoisotopic (exact) mass is 329 g/mol. The van der Waals surface area contributed by atoms with Crippen LogP contribution in [0.2, 0.25) is 0 Å². The molecule has 3 aromatic rings. The molecule has 2 aromatic heterocycles. The highest BCUT2D eigenvalue weighted by atomic mass is 32.1. The predicted octanol–water partition coefficient (Wildman–Crippen LogP) is 2.49. The van der Waals surface area contributed by atoms with Gasteiger partial charge in [-0.3, -0.25) is 9.20 Å². The zero-order chi connectivity index (χ0) is 16.4. The lowest BCUT2D eigenvalue weighted by Crippen LogP contribution is -2.46. The van der Waals surface area contributed by atoms with Gasteiger partial charge in [-0.05, 0) is 13.8 Å². The summed E-state index contributed by atoms with van der Waals surface area (Å²) >= 11 is 1.52. The maximum absolute atomic E-state index is 12.2. The maximum Gasteiger partial charge on any atom is 0.226 e. The van der Waals surface area contributed by atoms with Crippen LogP contribution in [-0.2, 0) is 11.2 Å². The first-order valence-corrected chi connectivity index (χ1v) is 8.29. The largest absolute Gasteiger partial charge is 0.394 e. The van der Waals surface area contributed by atoms with Gasteiger partial charge in [0, 0.05) is 22.8 Å². The van der Waals surface area contributed by atoms with Gasteiger partial charge < -0.3 is 10.4 Å². The number of benzene rings is 1. The Labute approximate surface area is 138 Å². The quantitative estimate of drug-likeness (QED) is 0.756. The van der Waals surface area contributed by atoms with E-state index in [0.29, 0.717) is 0 Å². The van der Waals surface area contributed by atoms with Crippen LogP contribution in [0.4, 0.5) is 0 Å². The fourth-order valence-corrected chi connectivity index (χ4v) is 3.20. The van der Waals surface area contributed by atoms with Crippen molar-refractivity contribution in [3.05, 3.63) is 47.6 Å².